The molecule has 4 heteroatoms. The van der Waals surface area contributed by atoms with Crippen LogP contribution in [0.4, 0.5) is 5.69 Å². The molecule has 0 aliphatic heterocycles. The molecule has 2 aromatic carbocycles. The Kier molecular flexibility index (Phi) is 5.01. The number of benzene rings is 2. The quantitative estimate of drug-likeness (QED) is 0.875. The van der Waals surface area contributed by atoms with E-state index in [4.69, 9.17) is 11.6 Å². The van der Waals surface area contributed by atoms with Crippen LogP contribution in [0.2, 0.25) is 5.02 Å². The maximum absolute atomic E-state index is 11.8. The number of hydrogen-bond acceptors (Lipinski definition) is 1. The second kappa shape index (κ2) is 6.28. The molecule has 88 valence electrons. The summed E-state index contributed by atoms with van der Waals surface area (Å²) in [7, 11) is 0. The number of carbonyl (C=O) groups excluding carboxylic acids is 1. The van der Waals surface area contributed by atoms with Crippen molar-refractivity contribution in [3.63, 3.8) is 0 Å². The lowest BCUT2D eigenvalue weighted by Gasteiger charge is -2.04. The van der Waals surface area contributed by atoms with Gasteiger partial charge in [-0.05, 0) is 30.3 Å². The third-order valence-corrected chi connectivity index (χ3v) is 2.35. The molecule has 2 aromatic rings. The van der Waals surface area contributed by atoms with Crippen LogP contribution in [-0.4, -0.2) is 5.91 Å². The Hall–Kier alpha value is -1.51. The molecule has 0 atom stereocenters. The first-order chi connectivity index (χ1) is 7.75. The molecule has 0 unspecified atom stereocenters. The van der Waals surface area contributed by atoms with Crippen LogP contribution in [0.15, 0.2) is 54.6 Å². The standard InChI is InChI=1S/C13H10ClNO.ClH/c14-11-7-4-8-12(9-11)15-13(16)10-5-2-1-3-6-10;/h1-9H,(H,15,16);1H. The van der Waals surface area contributed by atoms with Gasteiger partial charge in [0.2, 0.25) is 0 Å². The molecule has 2 nitrogen and oxygen atoms in total. The zero-order valence-corrected chi connectivity index (χ0v) is 10.5. The minimum absolute atomic E-state index is 0. The van der Waals surface area contributed by atoms with Crippen molar-refractivity contribution < 1.29 is 4.79 Å². The summed E-state index contributed by atoms with van der Waals surface area (Å²) in [6.45, 7) is 0. The molecule has 2 rings (SSSR count). The fourth-order valence-electron chi connectivity index (χ4n) is 1.36. The number of rotatable bonds is 2. The van der Waals surface area contributed by atoms with E-state index in [9.17, 15) is 4.79 Å². The van der Waals surface area contributed by atoms with Crippen LogP contribution in [-0.2, 0) is 0 Å². The average Bonchev–Trinajstić information content (AvgIpc) is 2.30. The summed E-state index contributed by atoms with van der Waals surface area (Å²) in [5.41, 5.74) is 1.32. The van der Waals surface area contributed by atoms with Crippen molar-refractivity contribution in [2.24, 2.45) is 0 Å². The molecule has 0 aliphatic rings. The van der Waals surface area contributed by atoms with E-state index in [2.05, 4.69) is 5.32 Å². The molecule has 0 aromatic heterocycles. The molecule has 0 saturated heterocycles. The third-order valence-electron chi connectivity index (χ3n) is 2.12. The van der Waals surface area contributed by atoms with Gasteiger partial charge in [-0.15, -0.1) is 12.4 Å². The number of halogens is 2. The molecular weight excluding hydrogens is 257 g/mol. The van der Waals surface area contributed by atoms with Crippen molar-refractivity contribution >= 4 is 35.6 Å². The maximum Gasteiger partial charge on any atom is 0.255 e. The number of hydrogen-bond donors (Lipinski definition) is 1. The molecular formula is C13H11Cl2NO. The van der Waals surface area contributed by atoms with Crippen LogP contribution in [0.25, 0.3) is 0 Å². The minimum Gasteiger partial charge on any atom is -0.322 e. The lowest BCUT2D eigenvalue weighted by Crippen LogP contribution is -2.11. The van der Waals surface area contributed by atoms with Gasteiger partial charge in [0.15, 0.2) is 0 Å². The van der Waals surface area contributed by atoms with Gasteiger partial charge in [0.25, 0.3) is 5.91 Å². The Morgan fingerprint density at radius 1 is 1.00 bits per heavy atom. The SMILES string of the molecule is Cl.O=C(Nc1cccc(Cl)c1)c1ccccc1. The predicted octanol–water partition coefficient (Wildman–Crippen LogP) is 4.01. The Morgan fingerprint density at radius 2 is 1.71 bits per heavy atom. The van der Waals surface area contributed by atoms with Gasteiger partial charge in [-0.2, -0.15) is 0 Å². The number of carbonyl (C=O) groups is 1. The molecule has 0 saturated carbocycles. The largest absolute Gasteiger partial charge is 0.322 e. The summed E-state index contributed by atoms with van der Waals surface area (Å²) >= 11 is 5.82. The predicted molar refractivity (Wildman–Crippen MR) is 73.1 cm³/mol. The lowest BCUT2D eigenvalue weighted by molar-refractivity contribution is 0.102. The van der Waals surface area contributed by atoms with Crippen molar-refractivity contribution in [2.75, 3.05) is 5.32 Å². The van der Waals surface area contributed by atoms with E-state index in [1.165, 1.54) is 0 Å². The molecule has 0 heterocycles. The van der Waals surface area contributed by atoms with Crippen molar-refractivity contribution in [2.45, 2.75) is 0 Å². The van der Waals surface area contributed by atoms with Gasteiger partial charge in [0, 0.05) is 16.3 Å². The molecule has 0 aliphatic carbocycles. The van der Waals surface area contributed by atoms with Crippen LogP contribution in [0.5, 0.6) is 0 Å². The van der Waals surface area contributed by atoms with Gasteiger partial charge in [-0.25, -0.2) is 0 Å². The van der Waals surface area contributed by atoms with E-state index in [1.54, 1.807) is 36.4 Å². The van der Waals surface area contributed by atoms with Crippen molar-refractivity contribution in [1.29, 1.82) is 0 Å². The minimum atomic E-state index is -0.136. The molecule has 0 fully saturated rings. The van der Waals surface area contributed by atoms with E-state index in [1.807, 2.05) is 18.2 Å². The van der Waals surface area contributed by atoms with E-state index in [-0.39, 0.29) is 18.3 Å². The second-order valence-corrected chi connectivity index (χ2v) is 3.77. The van der Waals surface area contributed by atoms with Crippen LogP contribution >= 0.6 is 24.0 Å². The monoisotopic (exact) mass is 267 g/mol. The summed E-state index contributed by atoms with van der Waals surface area (Å²) in [4.78, 5) is 11.8. The number of amides is 1. The Labute approximate surface area is 111 Å². The summed E-state index contributed by atoms with van der Waals surface area (Å²) in [5, 5.41) is 3.38. The fourth-order valence-corrected chi connectivity index (χ4v) is 1.55. The van der Waals surface area contributed by atoms with Gasteiger partial charge in [0.1, 0.15) is 0 Å². The van der Waals surface area contributed by atoms with Crippen LogP contribution in [0, 0.1) is 0 Å². The molecule has 1 amide bonds. The third kappa shape index (κ3) is 3.77. The highest BCUT2D eigenvalue weighted by atomic mass is 35.5. The smallest absolute Gasteiger partial charge is 0.255 e. The highest BCUT2D eigenvalue weighted by molar-refractivity contribution is 6.30. The van der Waals surface area contributed by atoms with Crippen molar-refractivity contribution in [3.8, 4) is 0 Å². The molecule has 17 heavy (non-hydrogen) atoms. The summed E-state index contributed by atoms with van der Waals surface area (Å²) in [6.07, 6.45) is 0. The Balaban J connectivity index is 0.00000144. The Morgan fingerprint density at radius 3 is 2.35 bits per heavy atom. The lowest BCUT2D eigenvalue weighted by atomic mass is 10.2. The molecule has 0 spiro atoms. The summed E-state index contributed by atoms with van der Waals surface area (Å²) < 4.78 is 0. The molecule has 1 N–H and O–H groups in total. The number of anilines is 1. The zero-order valence-electron chi connectivity index (χ0n) is 8.89. The highest BCUT2D eigenvalue weighted by Crippen LogP contribution is 2.15. The van der Waals surface area contributed by atoms with Crippen molar-refractivity contribution in [1.82, 2.24) is 0 Å². The van der Waals surface area contributed by atoms with Gasteiger partial charge in [-0.3, -0.25) is 4.79 Å². The van der Waals surface area contributed by atoms with Crippen LogP contribution < -0.4 is 5.32 Å². The van der Waals surface area contributed by atoms with E-state index in [0.717, 1.165) is 0 Å². The zero-order chi connectivity index (χ0) is 11.4. The first-order valence-electron chi connectivity index (χ1n) is 4.88. The topological polar surface area (TPSA) is 29.1 Å². The van der Waals surface area contributed by atoms with E-state index < -0.39 is 0 Å². The fraction of sp³-hybridized carbons (Fsp3) is 0. The second-order valence-electron chi connectivity index (χ2n) is 3.33. The summed E-state index contributed by atoms with van der Waals surface area (Å²) in [6, 6.07) is 16.1. The van der Waals surface area contributed by atoms with E-state index in [0.29, 0.717) is 16.3 Å². The van der Waals surface area contributed by atoms with Crippen molar-refractivity contribution in [3.05, 3.63) is 65.2 Å². The number of nitrogens with one attached hydrogen (secondary N) is 1. The normalized spacial score (nSPS) is 9.24. The van der Waals surface area contributed by atoms with Gasteiger partial charge < -0.3 is 5.32 Å². The highest BCUT2D eigenvalue weighted by Gasteiger charge is 2.04. The summed E-state index contributed by atoms with van der Waals surface area (Å²) in [5.74, 6) is -0.136. The average molecular weight is 268 g/mol. The van der Waals surface area contributed by atoms with E-state index >= 15 is 0 Å². The molecule has 0 radical (unpaired) electrons. The van der Waals surface area contributed by atoms with Gasteiger partial charge in [-0.1, -0.05) is 35.9 Å². The van der Waals surface area contributed by atoms with Crippen LogP contribution in [0.1, 0.15) is 10.4 Å². The van der Waals surface area contributed by atoms with Gasteiger partial charge >= 0.3 is 0 Å². The molecule has 0 bridgehead atoms. The maximum atomic E-state index is 11.8. The van der Waals surface area contributed by atoms with Gasteiger partial charge in [0.05, 0.1) is 0 Å². The Bertz CT molecular complexity index is 500. The van der Waals surface area contributed by atoms with Crippen LogP contribution in [0.3, 0.4) is 0 Å². The first-order valence-corrected chi connectivity index (χ1v) is 5.25. The first kappa shape index (κ1) is 13.6.